The van der Waals surface area contributed by atoms with Gasteiger partial charge in [0.05, 0.1) is 11.6 Å². The van der Waals surface area contributed by atoms with Gasteiger partial charge in [0.25, 0.3) is 5.91 Å². The Hall–Kier alpha value is -1.82. The first-order valence-corrected chi connectivity index (χ1v) is 8.07. The summed E-state index contributed by atoms with van der Waals surface area (Å²) in [5.41, 5.74) is 1.24. The van der Waals surface area contributed by atoms with Crippen LogP contribution in [0.1, 0.15) is 60.9 Å². The standard InChI is InChI=1S/C18H22N2O/c19-12-13-5-7-15(8-6-13)18(21)20-17-10-9-14-3-1-2-4-16(14)11-17/h5-8,14,16-17H,1-4,9-11H2,(H,20,21)/t14-,16-,17+/m0/s1. The number of hydrogen-bond donors (Lipinski definition) is 1. The molecule has 2 saturated carbocycles. The number of nitrogens with zero attached hydrogens (tertiary/aromatic N) is 1. The number of fused-ring (bicyclic) bond motifs is 1. The number of carbonyl (C=O) groups excluding carboxylic acids is 1. The zero-order chi connectivity index (χ0) is 14.7. The summed E-state index contributed by atoms with van der Waals surface area (Å²) in [6.07, 6.45) is 9.01. The zero-order valence-corrected chi connectivity index (χ0v) is 12.3. The Bertz CT molecular complexity index is 543. The molecule has 0 bridgehead atoms. The van der Waals surface area contributed by atoms with E-state index in [0.29, 0.717) is 17.2 Å². The van der Waals surface area contributed by atoms with Crippen molar-refractivity contribution in [2.24, 2.45) is 11.8 Å². The molecule has 0 aromatic heterocycles. The molecule has 2 fully saturated rings. The Morgan fingerprint density at radius 3 is 2.48 bits per heavy atom. The second-order valence-corrected chi connectivity index (χ2v) is 6.48. The van der Waals surface area contributed by atoms with Gasteiger partial charge in [-0.3, -0.25) is 4.79 Å². The van der Waals surface area contributed by atoms with Gasteiger partial charge in [0.15, 0.2) is 0 Å². The minimum Gasteiger partial charge on any atom is -0.349 e. The molecule has 0 unspecified atom stereocenters. The zero-order valence-electron chi connectivity index (χ0n) is 12.3. The van der Waals surface area contributed by atoms with Crippen molar-refractivity contribution >= 4 is 5.91 Å². The van der Waals surface area contributed by atoms with E-state index in [4.69, 9.17) is 5.26 Å². The van der Waals surface area contributed by atoms with Crippen LogP contribution in [0.4, 0.5) is 0 Å². The number of nitrogens with one attached hydrogen (secondary N) is 1. The first-order valence-electron chi connectivity index (χ1n) is 8.07. The molecule has 0 radical (unpaired) electrons. The number of benzene rings is 1. The number of hydrogen-bond acceptors (Lipinski definition) is 2. The van der Waals surface area contributed by atoms with Gasteiger partial charge in [0, 0.05) is 11.6 Å². The summed E-state index contributed by atoms with van der Waals surface area (Å²) in [5, 5.41) is 12.0. The maximum Gasteiger partial charge on any atom is 0.251 e. The summed E-state index contributed by atoms with van der Waals surface area (Å²) in [4.78, 5) is 12.3. The highest BCUT2D eigenvalue weighted by atomic mass is 16.1. The van der Waals surface area contributed by atoms with E-state index in [1.54, 1.807) is 24.3 Å². The molecule has 3 heteroatoms. The van der Waals surface area contributed by atoms with E-state index in [1.165, 1.54) is 32.1 Å². The molecule has 3 rings (SSSR count). The van der Waals surface area contributed by atoms with E-state index >= 15 is 0 Å². The van der Waals surface area contributed by atoms with Gasteiger partial charge in [-0.2, -0.15) is 5.26 Å². The van der Waals surface area contributed by atoms with Crippen molar-refractivity contribution in [2.45, 2.75) is 51.0 Å². The molecule has 1 amide bonds. The number of amides is 1. The predicted molar refractivity (Wildman–Crippen MR) is 81.7 cm³/mol. The molecule has 2 aliphatic rings. The van der Waals surface area contributed by atoms with E-state index in [1.807, 2.05) is 0 Å². The van der Waals surface area contributed by atoms with Crippen molar-refractivity contribution in [1.82, 2.24) is 5.32 Å². The van der Waals surface area contributed by atoms with Crippen LogP contribution in [-0.4, -0.2) is 11.9 Å². The molecule has 0 spiro atoms. The molecular weight excluding hydrogens is 260 g/mol. The van der Waals surface area contributed by atoms with Crippen molar-refractivity contribution in [3.63, 3.8) is 0 Å². The van der Waals surface area contributed by atoms with Gasteiger partial charge >= 0.3 is 0 Å². The smallest absolute Gasteiger partial charge is 0.251 e. The van der Waals surface area contributed by atoms with Crippen LogP contribution < -0.4 is 5.32 Å². The van der Waals surface area contributed by atoms with Gasteiger partial charge in [-0.05, 0) is 55.4 Å². The lowest BCUT2D eigenvalue weighted by Crippen LogP contribution is -2.41. The number of nitriles is 1. The van der Waals surface area contributed by atoms with E-state index < -0.39 is 0 Å². The third-order valence-electron chi connectivity index (χ3n) is 5.15. The fourth-order valence-electron chi connectivity index (χ4n) is 3.97. The fourth-order valence-corrected chi connectivity index (χ4v) is 3.97. The van der Waals surface area contributed by atoms with Gasteiger partial charge in [-0.1, -0.05) is 25.7 Å². The van der Waals surface area contributed by atoms with Crippen molar-refractivity contribution in [3.8, 4) is 6.07 Å². The van der Waals surface area contributed by atoms with Gasteiger partial charge in [0.1, 0.15) is 0 Å². The third-order valence-corrected chi connectivity index (χ3v) is 5.15. The van der Waals surface area contributed by atoms with Crippen LogP contribution in [0.3, 0.4) is 0 Å². The van der Waals surface area contributed by atoms with Crippen LogP contribution in [0.15, 0.2) is 24.3 Å². The second-order valence-electron chi connectivity index (χ2n) is 6.48. The minimum atomic E-state index is -0.00116. The van der Waals surface area contributed by atoms with E-state index in [-0.39, 0.29) is 5.91 Å². The highest BCUT2D eigenvalue weighted by Crippen LogP contribution is 2.40. The van der Waals surface area contributed by atoms with Crippen molar-refractivity contribution in [1.29, 1.82) is 5.26 Å². The first kappa shape index (κ1) is 14.1. The lowest BCUT2D eigenvalue weighted by Gasteiger charge is -2.39. The molecule has 1 aromatic carbocycles. The molecule has 110 valence electrons. The van der Waals surface area contributed by atoms with E-state index in [0.717, 1.165) is 24.7 Å². The molecule has 0 aliphatic heterocycles. The molecule has 2 aliphatic carbocycles. The Morgan fingerprint density at radius 1 is 1.05 bits per heavy atom. The average molecular weight is 282 g/mol. The van der Waals surface area contributed by atoms with Gasteiger partial charge in [-0.15, -0.1) is 0 Å². The Labute approximate surface area is 126 Å². The topological polar surface area (TPSA) is 52.9 Å². The highest BCUT2D eigenvalue weighted by Gasteiger charge is 2.32. The molecule has 21 heavy (non-hydrogen) atoms. The average Bonchev–Trinajstić information content (AvgIpc) is 2.55. The maximum atomic E-state index is 12.3. The van der Waals surface area contributed by atoms with Crippen molar-refractivity contribution < 1.29 is 4.79 Å². The lowest BCUT2D eigenvalue weighted by atomic mass is 9.69. The highest BCUT2D eigenvalue weighted by molar-refractivity contribution is 5.94. The summed E-state index contributed by atoms with van der Waals surface area (Å²) in [7, 11) is 0. The lowest BCUT2D eigenvalue weighted by molar-refractivity contribution is 0.0879. The van der Waals surface area contributed by atoms with Crippen molar-refractivity contribution in [2.75, 3.05) is 0 Å². The van der Waals surface area contributed by atoms with Gasteiger partial charge in [0.2, 0.25) is 0 Å². The maximum absolute atomic E-state index is 12.3. The molecule has 1 aromatic rings. The largest absolute Gasteiger partial charge is 0.349 e. The van der Waals surface area contributed by atoms with Crippen LogP contribution in [0.5, 0.6) is 0 Å². The monoisotopic (exact) mass is 282 g/mol. The van der Waals surface area contributed by atoms with E-state index in [9.17, 15) is 4.79 Å². The van der Waals surface area contributed by atoms with Crippen LogP contribution in [0.25, 0.3) is 0 Å². The summed E-state index contributed by atoms with van der Waals surface area (Å²) in [6.45, 7) is 0. The normalized spacial score (nSPS) is 28.2. The second kappa shape index (κ2) is 6.30. The van der Waals surface area contributed by atoms with Crippen LogP contribution >= 0.6 is 0 Å². The quantitative estimate of drug-likeness (QED) is 0.900. The molecule has 3 nitrogen and oxygen atoms in total. The fraction of sp³-hybridized carbons (Fsp3) is 0.556. The van der Waals surface area contributed by atoms with E-state index in [2.05, 4.69) is 11.4 Å². The third kappa shape index (κ3) is 3.26. The summed E-state index contributed by atoms with van der Waals surface area (Å²) in [5.74, 6) is 1.72. The Balaban J connectivity index is 1.58. The van der Waals surface area contributed by atoms with Gasteiger partial charge < -0.3 is 5.32 Å². The molecule has 1 N–H and O–H groups in total. The Morgan fingerprint density at radius 2 is 1.76 bits per heavy atom. The van der Waals surface area contributed by atoms with Crippen LogP contribution in [0, 0.1) is 23.2 Å². The molecule has 0 heterocycles. The van der Waals surface area contributed by atoms with Gasteiger partial charge in [-0.25, -0.2) is 0 Å². The molecule has 0 saturated heterocycles. The Kier molecular flexibility index (Phi) is 4.24. The number of rotatable bonds is 2. The van der Waals surface area contributed by atoms with Crippen LogP contribution in [-0.2, 0) is 0 Å². The molecule has 3 atom stereocenters. The minimum absolute atomic E-state index is 0.00116. The van der Waals surface area contributed by atoms with Crippen molar-refractivity contribution in [3.05, 3.63) is 35.4 Å². The SMILES string of the molecule is N#Cc1ccc(C(=O)N[C@@H]2CC[C@@H]3CCCC[C@H]3C2)cc1. The first-order chi connectivity index (χ1) is 10.3. The number of carbonyl (C=O) groups is 1. The molecular formula is C18H22N2O. The summed E-state index contributed by atoms with van der Waals surface area (Å²) in [6, 6.07) is 9.28. The van der Waals surface area contributed by atoms with Crippen LogP contribution in [0.2, 0.25) is 0 Å². The summed E-state index contributed by atoms with van der Waals surface area (Å²) < 4.78 is 0. The summed E-state index contributed by atoms with van der Waals surface area (Å²) >= 11 is 0. The predicted octanol–water partition coefficient (Wildman–Crippen LogP) is 3.65.